The van der Waals surface area contributed by atoms with Gasteiger partial charge < -0.3 is 9.47 Å². The number of nitrogens with zero attached hydrogens (tertiary/aromatic N) is 1. The monoisotopic (exact) mass is 345 g/mol. The predicted octanol–water partition coefficient (Wildman–Crippen LogP) is 2.60. The van der Waals surface area contributed by atoms with E-state index in [1.54, 1.807) is 18.2 Å². The van der Waals surface area contributed by atoms with Crippen molar-refractivity contribution >= 4 is 17.6 Å². The minimum atomic E-state index is -0.575. The van der Waals surface area contributed by atoms with Crippen LogP contribution in [-0.4, -0.2) is 43.3 Å². The summed E-state index contributed by atoms with van der Waals surface area (Å²) in [7, 11) is 2.98. The van der Waals surface area contributed by atoms with Crippen LogP contribution < -0.4 is 9.47 Å². The molecule has 2 amide bonds. The molecule has 1 spiro atoms. The lowest BCUT2D eigenvalue weighted by Crippen LogP contribution is -2.39. The van der Waals surface area contributed by atoms with Crippen molar-refractivity contribution in [1.29, 1.82) is 0 Å². The van der Waals surface area contributed by atoms with E-state index in [2.05, 4.69) is 0 Å². The van der Waals surface area contributed by atoms with Gasteiger partial charge >= 0.3 is 0 Å². The van der Waals surface area contributed by atoms with Crippen molar-refractivity contribution in [2.75, 3.05) is 20.8 Å². The molecule has 0 bridgehead atoms. The van der Waals surface area contributed by atoms with Crippen molar-refractivity contribution in [2.24, 2.45) is 5.41 Å². The summed E-state index contributed by atoms with van der Waals surface area (Å²) in [6, 6.07) is 4.91. The maximum absolute atomic E-state index is 12.8. The number of hydrogen-bond donors (Lipinski definition) is 0. The van der Waals surface area contributed by atoms with Crippen LogP contribution in [0.3, 0.4) is 0 Å². The standard InChI is InChI=1S/C19H23NO5/c1-24-13-6-7-16(25-2)14(10-13)15(21)12-20-17(22)11-19(18(20)23)8-4-3-5-9-19/h6-7,10H,3-5,8-9,11-12H2,1-2H3. The molecule has 2 fully saturated rings. The minimum absolute atomic E-state index is 0.188. The summed E-state index contributed by atoms with van der Waals surface area (Å²) in [5.41, 5.74) is -0.263. The van der Waals surface area contributed by atoms with Crippen LogP contribution in [0, 0.1) is 5.41 Å². The number of carbonyl (C=O) groups is 3. The van der Waals surface area contributed by atoms with Crippen molar-refractivity contribution in [3.05, 3.63) is 23.8 Å². The Hall–Kier alpha value is -2.37. The van der Waals surface area contributed by atoms with E-state index in [0.717, 1.165) is 37.0 Å². The summed E-state index contributed by atoms with van der Waals surface area (Å²) >= 11 is 0. The van der Waals surface area contributed by atoms with Gasteiger partial charge in [-0.1, -0.05) is 19.3 Å². The first-order valence-corrected chi connectivity index (χ1v) is 8.61. The lowest BCUT2D eigenvalue weighted by molar-refractivity contribution is -0.141. The van der Waals surface area contributed by atoms with E-state index in [1.165, 1.54) is 14.2 Å². The highest BCUT2D eigenvalue weighted by Gasteiger charge is 2.51. The summed E-state index contributed by atoms with van der Waals surface area (Å²) in [5, 5.41) is 0. The van der Waals surface area contributed by atoms with Gasteiger partial charge in [0.2, 0.25) is 11.8 Å². The first-order chi connectivity index (χ1) is 12.0. The van der Waals surface area contributed by atoms with E-state index in [9.17, 15) is 14.4 Å². The van der Waals surface area contributed by atoms with E-state index in [0.29, 0.717) is 17.1 Å². The van der Waals surface area contributed by atoms with Gasteiger partial charge in [-0.2, -0.15) is 0 Å². The number of rotatable bonds is 5. The molecule has 0 aromatic heterocycles. The van der Waals surface area contributed by atoms with Crippen molar-refractivity contribution in [1.82, 2.24) is 4.90 Å². The number of benzene rings is 1. The highest BCUT2D eigenvalue weighted by atomic mass is 16.5. The number of ketones is 1. The van der Waals surface area contributed by atoms with Crippen LogP contribution in [0.4, 0.5) is 0 Å². The highest BCUT2D eigenvalue weighted by molar-refractivity contribution is 6.11. The zero-order valence-electron chi connectivity index (χ0n) is 14.7. The molecule has 1 saturated heterocycles. The van der Waals surface area contributed by atoms with E-state index >= 15 is 0 Å². The van der Waals surface area contributed by atoms with Crippen LogP contribution in [0.25, 0.3) is 0 Å². The molecule has 0 atom stereocenters. The number of amides is 2. The second kappa shape index (κ2) is 6.86. The molecular weight excluding hydrogens is 322 g/mol. The van der Waals surface area contributed by atoms with Crippen LogP contribution in [0.1, 0.15) is 48.9 Å². The lowest BCUT2D eigenvalue weighted by Gasteiger charge is -2.30. The molecule has 1 aliphatic carbocycles. The van der Waals surface area contributed by atoms with E-state index < -0.39 is 5.41 Å². The third kappa shape index (κ3) is 3.13. The van der Waals surface area contributed by atoms with Gasteiger partial charge in [0.05, 0.1) is 31.7 Å². The van der Waals surface area contributed by atoms with Crippen LogP contribution in [0.5, 0.6) is 11.5 Å². The smallest absolute Gasteiger partial charge is 0.236 e. The molecule has 1 aromatic rings. The van der Waals surface area contributed by atoms with Crippen LogP contribution in [0.2, 0.25) is 0 Å². The van der Waals surface area contributed by atoms with Gasteiger partial charge in [-0.05, 0) is 31.0 Å². The number of methoxy groups -OCH3 is 2. The third-order valence-electron chi connectivity index (χ3n) is 5.31. The number of hydrogen-bond acceptors (Lipinski definition) is 5. The van der Waals surface area contributed by atoms with Crippen molar-refractivity contribution in [3.8, 4) is 11.5 Å². The molecule has 6 heteroatoms. The molecule has 1 aromatic carbocycles. The van der Waals surface area contributed by atoms with Crippen molar-refractivity contribution in [3.63, 3.8) is 0 Å². The Morgan fingerprint density at radius 2 is 1.84 bits per heavy atom. The molecule has 1 saturated carbocycles. The summed E-state index contributed by atoms with van der Waals surface area (Å²) in [6.07, 6.45) is 4.74. The first-order valence-electron chi connectivity index (χ1n) is 8.61. The van der Waals surface area contributed by atoms with Crippen molar-refractivity contribution in [2.45, 2.75) is 38.5 Å². The fourth-order valence-electron chi connectivity index (χ4n) is 3.90. The molecule has 134 valence electrons. The zero-order valence-corrected chi connectivity index (χ0v) is 14.7. The molecule has 2 aliphatic rings. The van der Waals surface area contributed by atoms with Crippen LogP contribution in [-0.2, 0) is 9.59 Å². The van der Waals surface area contributed by atoms with Gasteiger partial charge in [-0.15, -0.1) is 0 Å². The SMILES string of the molecule is COc1ccc(OC)c(C(=O)CN2C(=O)CC3(CCCCC3)C2=O)c1. The number of carbonyl (C=O) groups excluding carboxylic acids is 3. The molecule has 1 heterocycles. The largest absolute Gasteiger partial charge is 0.497 e. The Kier molecular flexibility index (Phi) is 4.79. The van der Waals surface area contributed by atoms with Crippen LogP contribution >= 0.6 is 0 Å². The Bertz CT molecular complexity index is 706. The lowest BCUT2D eigenvalue weighted by atomic mass is 9.73. The molecule has 0 radical (unpaired) electrons. The Balaban J connectivity index is 1.81. The molecule has 0 unspecified atom stereocenters. The average molecular weight is 345 g/mol. The first kappa shape index (κ1) is 17.5. The Labute approximate surface area is 147 Å². The molecule has 1 aliphatic heterocycles. The van der Waals surface area contributed by atoms with Gasteiger partial charge in [0, 0.05) is 6.42 Å². The maximum Gasteiger partial charge on any atom is 0.236 e. The number of imide groups is 1. The summed E-state index contributed by atoms with van der Waals surface area (Å²) in [5.74, 6) is 0.157. The van der Waals surface area contributed by atoms with E-state index in [-0.39, 0.29) is 30.6 Å². The topological polar surface area (TPSA) is 72.9 Å². The highest BCUT2D eigenvalue weighted by Crippen LogP contribution is 2.45. The quantitative estimate of drug-likeness (QED) is 0.606. The van der Waals surface area contributed by atoms with Crippen LogP contribution in [0.15, 0.2) is 18.2 Å². The van der Waals surface area contributed by atoms with Gasteiger partial charge in [-0.25, -0.2) is 0 Å². The predicted molar refractivity (Wildman–Crippen MR) is 90.7 cm³/mol. The fourth-order valence-corrected chi connectivity index (χ4v) is 3.90. The maximum atomic E-state index is 12.8. The number of likely N-dealkylation sites (tertiary alicyclic amines) is 1. The van der Waals surface area contributed by atoms with Gasteiger partial charge in [-0.3, -0.25) is 19.3 Å². The molecular formula is C19H23NO5. The van der Waals surface area contributed by atoms with Crippen molar-refractivity contribution < 1.29 is 23.9 Å². The molecule has 6 nitrogen and oxygen atoms in total. The van der Waals surface area contributed by atoms with E-state index in [4.69, 9.17) is 9.47 Å². The minimum Gasteiger partial charge on any atom is -0.497 e. The van der Waals surface area contributed by atoms with Gasteiger partial charge in [0.15, 0.2) is 5.78 Å². The fraction of sp³-hybridized carbons (Fsp3) is 0.526. The van der Waals surface area contributed by atoms with E-state index in [1.807, 2.05) is 0 Å². The molecule has 0 N–H and O–H groups in total. The molecule has 3 rings (SSSR count). The second-order valence-corrected chi connectivity index (χ2v) is 6.79. The molecule has 25 heavy (non-hydrogen) atoms. The number of Topliss-reactive ketones (excluding diaryl/α,β-unsaturated/α-hetero) is 1. The third-order valence-corrected chi connectivity index (χ3v) is 5.31. The zero-order chi connectivity index (χ0) is 18.0. The summed E-state index contributed by atoms with van der Waals surface area (Å²) in [4.78, 5) is 39.1. The summed E-state index contributed by atoms with van der Waals surface area (Å²) in [6.45, 7) is -0.247. The normalized spacial score (nSPS) is 19.4. The number of ether oxygens (including phenoxy) is 2. The average Bonchev–Trinajstić information content (AvgIpc) is 2.85. The van der Waals surface area contributed by atoms with Gasteiger partial charge in [0.1, 0.15) is 11.5 Å². The van der Waals surface area contributed by atoms with Gasteiger partial charge in [0.25, 0.3) is 0 Å². The second-order valence-electron chi connectivity index (χ2n) is 6.79. The Morgan fingerprint density at radius 3 is 2.48 bits per heavy atom. The Morgan fingerprint density at radius 1 is 1.12 bits per heavy atom. The summed E-state index contributed by atoms with van der Waals surface area (Å²) < 4.78 is 10.4.